The fourth-order valence-corrected chi connectivity index (χ4v) is 3.32. The molecule has 0 radical (unpaired) electrons. The SMILES string of the molecule is COc1ccc(CNC(=O)c2ccc3[nH]c(-c4n[nH]c5ccccc45)nc3c2)cn1. The maximum absolute atomic E-state index is 12.6. The molecular formula is C22H18N6O2. The van der Waals surface area contributed by atoms with Crippen molar-refractivity contribution >= 4 is 27.8 Å². The van der Waals surface area contributed by atoms with Gasteiger partial charge in [-0.3, -0.25) is 9.89 Å². The summed E-state index contributed by atoms with van der Waals surface area (Å²) in [6, 6.07) is 16.9. The molecule has 3 N–H and O–H groups in total. The van der Waals surface area contributed by atoms with E-state index in [1.807, 2.05) is 36.4 Å². The molecule has 2 aromatic carbocycles. The number of amides is 1. The zero-order valence-corrected chi connectivity index (χ0v) is 16.1. The molecule has 3 heterocycles. The highest BCUT2D eigenvalue weighted by molar-refractivity contribution is 5.98. The Kier molecular flexibility index (Phi) is 4.36. The second-order valence-electron chi connectivity index (χ2n) is 6.83. The molecule has 0 aliphatic carbocycles. The van der Waals surface area contributed by atoms with Crippen molar-refractivity contribution in [3.05, 3.63) is 71.9 Å². The Bertz CT molecular complexity index is 1350. The van der Waals surface area contributed by atoms with Gasteiger partial charge in [0, 0.05) is 29.8 Å². The number of nitrogens with zero attached hydrogens (tertiary/aromatic N) is 3. The summed E-state index contributed by atoms with van der Waals surface area (Å²) in [5.74, 6) is 1.02. The van der Waals surface area contributed by atoms with Crippen LogP contribution in [0.3, 0.4) is 0 Å². The van der Waals surface area contributed by atoms with Gasteiger partial charge in [-0.2, -0.15) is 5.10 Å². The smallest absolute Gasteiger partial charge is 0.251 e. The molecule has 0 aliphatic rings. The Hall–Kier alpha value is -4.20. The average Bonchev–Trinajstić information content (AvgIpc) is 3.41. The van der Waals surface area contributed by atoms with Crippen molar-refractivity contribution in [2.75, 3.05) is 7.11 Å². The number of hydrogen-bond donors (Lipinski definition) is 3. The molecule has 8 heteroatoms. The van der Waals surface area contributed by atoms with Gasteiger partial charge in [0.05, 0.1) is 23.7 Å². The predicted octanol–water partition coefficient (Wildman–Crippen LogP) is 3.44. The van der Waals surface area contributed by atoms with Crippen molar-refractivity contribution in [1.82, 2.24) is 30.5 Å². The third-order valence-electron chi connectivity index (χ3n) is 4.90. The lowest BCUT2D eigenvalue weighted by Gasteiger charge is -2.06. The van der Waals surface area contributed by atoms with E-state index in [2.05, 4.69) is 30.5 Å². The number of fused-ring (bicyclic) bond motifs is 2. The molecule has 8 nitrogen and oxygen atoms in total. The first-order valence-electron chi connectivity index (χ1n) is 9.41. The van der Waals surface area contributed by atoms with Crippen LogP contribution in [0.15, 0.2) is 60.8 Å². The monoisotopic (exact) mass is 398 g/mol. The number of nitrogens with one attached hydrogen (secondary N) is 3. The van der Waals surface area contributed by atoms with E-state index in [0.717, 1.165) is 27.7 Å². The van der Waals surface area contributed by atoms with Gasteiger partial charge in [-0.1, -0.05) is 24.3 Å². The summed E-state index contributed by atoms with van der Waals surface area (Å²) in [5, 5.41) is 11.3. The highest BCUT2D eigenvalue weighted by atomic mass is 16.5. The Morgan fingerprint density at radius 1 is 1.10 bits per heavy atom. The van der Waals surface area contributed by atoms with Crippen molar-refractivity contribution in [1.29, 1.82) is 0 Å². The number of ether oxygens (including phenoxy) is 1. The highest BCUT2D eigenvalue weighted by Crippen LogP contribution is 2.26. The van der Waals surface area contributed by atoms with Crippen LogP contribution in [0, 0.1) is 0 Å². The number of rotatable bonds is 5. The summed E-state index contributed by atoms with van der Waals surface area (Å²) in [6.45, 7) is 0.374. The highest BCUT2D eigenvalue weighted by Gasteiger charge is 2.14. The number of methoxy groups -OCH3 is 1. The van der Waals surface area contributed by atoms with Crippen LogP contribution >= 0.6 is 0 Å². The Labute approximate surface area is 171 Å². The second kappa shape index (κ2) is 7.32. The van der Waals surface area contributed by atoms with Gasteiger partial charge in [0.25, 0.3) is 5.91 Å². The average molecular weight is 398 g/mol. The number of carbonyl (C=O) groups is 1. The molecule has 5 aromatic rings. The van der Waals surface area contributed by atoms with Gasteiger partial charge in [0.15, 0.2) is 5.82 Å². The molecule has 3 aromatic heterocycles. The van der Waals surface area contributed by atoms with Crippen LogP contribution in [0.2, 0.25) is 0 Å². The number of aromatic nitrogens is 5. The molecule has 0 aliphatic heterocycles. The number of pyridine rings is 1. The Morgan fingerprint density at radius 2 is 2.00 bits per heavy atom. The fraction of sp³-hybridized carbons (Fsp3) is 0.0909. The predicted molar refractivity (Wildman–Crippen MR) is 113 cm³/mol. The van der Waals surface area contributed by atoms with Crippen LogP contribution < -0.4 is 10.1 Å². The molecule has 1 amide bonds. The lowest BCUT2D eigenvalue weighted by atomic mass is 10.2. The number of aromatic amines is 2. The first-order valence-corrected chi connectivity index (χ1v) is 9.41. The lowest BCUT2D eigenvalue weighted by Crippen LogP contribution is -2.22. The number of para-hydroxylation sites is 1. The third-order valence-corrected chi connectivity index (χ3v) is 4.90. The van der Waals surface area contributed by atoms with E-state index in [1.165, 1.54) is 0 Å². The minimum absolute atomic E-state index is 0.178. The normalized spacial score (nSPS) is 11.1. The van der Waals surface area contributed by atoms with E-state index in [1.54, 1.807) is 31.5 Å². The van der Waals surface area contributed by atoms with Crippen LogP contribution in [-0.4, -0.2) is 38.2 Å². The van der Waals surface area contributed by atoms with Gasteiger partial charge >= 0.3 is 0 Å². The van der Waals surface area contributed by atoms with Gasteiger partial charge in [-0.15, -0.1) is 0 Å². The molecule has 0 bridgehead atoms. The van der Waals surface area contributed by atoms with Crippen LogP contribution in [0.5, 0.6) is 5.88 Å². The maximum atomic E-state index is 12.6. The van der Waals surface area contributed by atoms with Crippen LogP contribution in [0.25, 0.3) is 33.5 Å². The van der Waals surface area contributed by atoms with E-state index >= 15 is 0 Å². The first kappa shape index (κ1) is 17.9. The molecule has 30 heavy (non-hydrogen) atoms. The number of benzene rings is 2. The molecule has 0 fully saturated rings. The minimum Gasteiger partial charge on any atom is -0.481 e. The topological polar surface area (TPSA) is 109 Å². The van der Waals surface area contributed by atoms with Gasteiger partial charge in [-0.05, 0) is 29.8 Å². The minimum atomic E-state index is -0.178. The summed E-state index contributed by atoms with van der Waals surface area (Å²) >= 11 is 0. The zero-order chi connectivity index (χ0) is 20.5. The van der Waals surface area contributed by atoms with Gasteiger partial charge in [0.2, 0.25) is 5.88 Å². The third kappa shape index (κ3) is 3.24. The standard InChI is InChI=1S/C22H18N6O2/c1-30-19-9-6-13(11-23-19)12-24-22(29)14-7-8-17-18(10-14)26-21(25-17)20-15-4-2-3-5-16(15)27-28-20/h2-11H,12H2,1H3,(H,24,29)(H,25,26)(H,27,28). The number of H-pyrrole nitrogens is 2. The van der Waals surface area contributed by atoms with E-state index in [-0.39, 0.29) is 5.91 Å². The van der Waals surface area contributed by atoms with E-state index < -0.39 is 0 Å². The summed E-state index contributed by atoms with van der Waals surface area (Å²) in [5.41, 5.74) is 4.66. The molecule has 0 atom stereocenters. The van der Waals surface area contributed by atoms with E-state index in [4.69, 9.17) is 4.74 Å². The van der Waals surface area contributed by atoms with Crippen LogP contribution in [0.4, 0.5) is 0 Å². The molecule has 0 saturated heterocycles. The second-order valence-corrected chi connectivity index (χ2v) is 6.83. The van der Waals surface area contributed by atoms with E-state index in [9.17, 15) is 4.79 Å². The Morgan fingerprint density at radius 3 is 2.83 bits per heavy atom. The van der Waals surface area contributed by atoms with Crippen molar-refractivity contribution in [3.8, 4) is 17.4 Å². The van der Waals surface area contributed by atoms with Crippen molar-refractivity contribution in [2.24, 2.45) is 0 Å². The van der Waals surface area contributed by atoms with Gasteiger partial charge < -0.3 is 15.0 Å². The summed E-state index contributed by atoms with van der Waals surface area (Å²) in [7, 11) is 1.56. The van der Waals surface area contributed by atoms with Gasteiger partial charge in [0.1, 0.15) is 5.69 Å². The summed E-state index contributed by atoms with van der Waals surface area (Å²) in [4.78, 5) is 24.6. The first-order chi connectivity index (χ1) is 14.7. The summed E-state index contributed by atoms with van der Waals surface area (Å²) < 4.78 is 5.04. The zero-order valence-electron chi connectivity index (χ0n) is 16.1. The quantitative estimate of drug-likeness (QED) is 0.420. The fourth-order valence-electron chi connectivity index (χ4n) is 3.32. The van der Waals surface area contributed by atoms with E-state index in [0.29, 0.717) is 29.3 Å². The maximum Gasteiger partial charge on any atom is 0.251 e. The number of carbonyl (C=O) groups excluding carboxylic acids is 1. The summed E-state index contributed by atoms with van der Waals surface area (Å²) in [6.07, 6.45) is 1.68. The largest absolute Gasteiger partial charge is 0.481 e. The lowest BCUT2D eigenvalue weighted by molar-refractivity contribution is 0.0951. The van der Waals surface area contributed by atoms with Crippen molar-refractivity contribution in [2.45, 2.75) is 6.54 Å². The Balaban J connectivity index is 1.37. The molecule has 0 saturated carbocycles. The molecule has 148 valence electrons. The number of imidazole rings is 1. The molecule has 5 rings (SSSR count). The molecule has 0 unspecified atom stereocenters. The van der Waals surface area contributed by atoms with Crippen LogP contribution in [-0.2, 0) is 6.54 Å². The van der Waals surface area contributed by atoms with Crippen LogP contribution in [0.1, 0.15) is 15.9 Å². The van der Waals surface area contributed by atoms with Crippen molar-refractivity contribution < 1.29 is 9.53 Å². The van der Waals surface area contributed by atoms with Crippen molar-refractivity contribution in [3.63, 3.8) is 0 Å². The number of hydrogen-bond acceptors (Lipinski definition) is 5. The molecular weight excluding hydrogens is 380 g/mol. The van der Waals surface area contributed by atoms with Gasteiger partial charge in [-0.25, -0.2) is 9.97 Å². The molecule has 0 spiro atoms.